The molecule has 0 fully saturated rings. The minimum absolute atomic E-state index is 0.258. The van der Waals surface area contributed by atoms with Gasteiger partial charge in [0, 0.05) is 12.6 Å². The molecule has 1 aromatic heterocycles. The zero-order chi connectivity index (χ0) is 16.1. The quantitative estimate of drug-likeness (QED) is 0.751. The van der Waals surface area contributed by atoms with Crippen molar-refractivity contribution in [2.45, 2.75) is 6.04 Å². The molecule has 116 valence electrons. The van der Waals surface area contributed by atoms with Crippen LogP contribution in [0.2, 0.25) is 0 Å². The van der Waals surface area contributed by atoms with Gasteiger partial charge in [0.05, 0.1) is 11.9 Å². The summed E-state index contributed by atoms with van der Waals surface area (Å²) < 4.78 is 0. The van der Waals surface area contributed by atoms with Gasteiger partial charge in [-0.15, -0.1) is 5.10 Å². The van der Waals surface area contributed by atoms with Gasteiger partial charge in [-0.05, 0) is 17.7 Å². The number of hydrogen-bond donors (Lipinski definition) is 2. The average Bonchev–Trinajstić information content (AvgIpc) is 3.11. The van der Waals surface area contributed by atoms with Crippen LogP contribution in [0, 0.1) is 0 Å². The third-order valence-corrected chi connectivity index (χ3v) is 3.42. The molecule has 6 heteroatoms. The van der Waals surface area contributed by atoms with E-state index in [2.05, 4.69) is 15.5 Å². The second kappa shape index (κ2) is 6.85. The van der Waals surface area contributed by atoms with Gasteiger partial charge >= 0.3 is 0 Å². The van der Waals surface area contributed by atoms with Crippen LogP contribution in [-0.2, 0) is 0 Å². The van der Waals surface area contributed by atoms with Gasteiger partial charge in [0.25, 0.3) is 5.91 Å². The first-order valence-electron chi connectivity index (χ1n) is 7.30. The van der Waals surface area contributed by atoms with Crippen molar-refractivity contribution >= 4 is 5.91 Å². The minimum atomic E-state index is -0.293. The fraction of sp³-hybridized carbons (Fsp3) is 0.118. The number of aromatic nitrogens is 3. The van der Waals surface area contributed by atoms with Crippen molar-refractivity contribution in [1.29, 1.82) is 0 Å². The Labute approximate surface area is 133 Å². The van der Waals surface area contributed by atoms with E-state index in [0.29, 0.717) is 6.54 Å². The zero-order valence-electron chi connectivity index (χ0n) is 12.5. The molecule has 0 spiro atoms. The molecule has 0 aliphatic rings. The maximum Gasteiger partial charge on any atom is 0.273 e. The monoisotopic (exact) mass is 307 g/mol. The lowest BCUT2D eigenvalue weighted by Gasteiger charge is -2.12. The Morgan fingerprint density at radius 3 is 2.43 bits per heavy atom. The first-order chi connectivity index (χ1) is 11.2. The van der Waals surface area contributed by atoms with Crippen LogP contribution in [0.15, 0.2) is 66.9 Å². The van der Waals surface area contributed by atoms with Crippen LogP contribution in [0.25, 0.3) is 5.69 Å². The van der Waals surface area contributed by atoms with E-state index in [1.54, 1.807) is 0 Å². The molecule has 3 N–H and O–H groups in total. The lowest BCUT2D eigenvalue weighted by atomic mass is 10.1. The van der Waals surface area contributed by atoms with Gasteiger partial charge in [-0.1, -0.05) is 48.5 Å². The molecule has 0 aliphatic carbocycles. The molecule has 6 nitrogen and oxygen atoms in total. The molecule has 0 saturated carbocycles. The van der Waals surface area contributed by atoms with Gasteiger partial charge in [0.1, 0.15) is 0 Å². The van der Waals surface area contributed by atoms with E-state index in [1.165, 1.54) is 11.0 Å². The maximum atomic E-state index is 12.1. The molecule has 1 amide bonds. The normalized spacial score (nSPS) is 11.9. The molecule has 1 atom stereocenters. The number of carbonyl (C=O) groups excluding carboxylic acids is 1. The fourth-order valence-electron chi connectivity index (χ4n) is 2.16. The number of rotatable bonds is 5. The molecule has 0 radical (unpaired) electrons. The van der Waals surface area contributed by atoms with Crippen molar-refractivity contribution in [1.82, 2.24) is 20.3 Å². The summed E-state index contributed by atoms with van der Waals surface area (Å²) in [4.78, 5) is 13.6. The molecular weight excluding hydrogens is 290 g/mol. The molecule has 1 heterocycles. The number of nitrogens with zero attached hydrogens (tertiary/aromatic N) is 3. The van der Waals surface area contributed by atoms with E-state index in [9.17, 15) is 4.79 Å². The predicted octanol–water partition coefficient (Wildman–Crippen LogP) is 1.70. The van der Waals surface area contributed by atoms with Crippen LogP contribution in [0.5, 0.6) is 0 Å². The Kier molecular flexibility index (Phi) is 4.44. The Morgan fingerprint density at radius 2 is 1.74 bits per heavy atom. The summed E-state index contributed by atoms with van der Waals surface area (Å²) >= 11 is 0. The largest absolute Gasteiger partial charge is 0.349 e. The molecular formula is C17H17N5O. The van der Waals surface area contributed by atoms with Crippen LogP contribution in [0.4, 0.5) is 0 Å². The molecule has 3 aromatic rings. The van der Waals surface area contributed by atoms with Crippen LogP contribution in [0.3, 0.4) is 0 Å². The Hall–Kier alpha value is -2.99. The Balaban J connectivity index is 1.62. The first-order valence-corrected chi connectivity index (χ1v) is 7.30. The lowest BCUT2D eigenvalue weighted by Crippen LogP contribution is -2.32. The van der Waals surface area contributed by atoms with Crippen molar-refractivity contribution in [3.63, 3.8) is 0 Å². The number of para-hydroxylation sites is 1. The summed E-state index contributed by atoms with van der Waals surface area (Å²) in [5, 5.41) is 11.1. The average molecular weight is 307 g/mol. The van der Waals surface area contributed by atoms with Crippen LogP contribution >= 0.6 is 0 Å². The molecule has 0 aliphatic heterocycles. The number of nitrogens with two attached hydrogens (primary N) is 1. The first kappa shape index (κ1) is 14.9. The summed E-state index contributed by atoms with van der Waals surface area (Å²) in [7, 11) is 0. The number of nitrogens with one attached hydrogen (secondary N) is 1. The number of benzene rings is 2. The molecule has 2 aromatic carbocycles. The van der Waals surface area contributed by atoms with E-state index < -0.39 is 0 Å². The standard InChI is InChI=1S/C17H17N5O/c18-15(13-7-3-1-4-8-13)11-19-17(23)16-12-20-22(21-16)14-9-5-2-6-10-14/h1-10,12,15H,11,18H2,(H,19,23)/t15-/m0/s1. The van der Waals surface area contributed by atoms with Crippen molar-refractivity contribution in [3.8, 4) is 5.69 Å². The van der Waals surface area contributed by atoms with E-state index in [1.807, 2.05) is 60.7 Å². The Morgan fingerprint density at radius 1 is 1.09 bits per heavy atom. The smallest absolute Gasteiger partial charge is 0.273 e. The number of hydrogen-bond acceptors (Lipinski definition) is 4. The molecule has 0 bridgehead atoms. The molecule has 3 rings (SSSR count). The lowest BCUT2D eigenvalue weighted by molar-refractivity contribution is 0.0946. The zero-order valence-corrected chi connectivity index (χ0v) is 12.5. The van der Waals surface area contributed by atoms with Crippen molar-refractivity contribution in [2.75, 3.05) is 6.54 Å². The Bertz CT molecular complexity index is 770. The van der Waals surface area contributed by atoms with Gasteiger partial charge in [0.2, 0.25) is 0 Å². The maximum absolute atomic E-state index is 12.1. The second-order valence-electron chi connectivity index (χ2n) is 5.08. The van der Waals surface area contributed by atoms with Crippen LogP contribution < -0.4 is 11.1 Å². The highest BCUT2D eigenvalue weighted by Crippen LogP contribution is 2.08. The highest BCUT2D eigenvalue weighted by Gasteiger charge is 2.13. The fourth-order valence-corrected chi connectivity index (χ4v) is 2.16. The highest BCUT2D eigenvalue weighted by atomic mass is 16.2. The molecule has 0 unspecified atom stereocenters. The third kappa shape index (κ3) is 3.61. The SMILES string of the molecule is N[C@@H](CNC(=O)c1cnn(-c2ccccc2)n1)c1ccccc1. The minimum Gasteiger partial charge on any atom is -0.349 e. The van der Waals surface area contributed by atoms with Crippen molar-refractivity contribution < 1.29 is 4.79 Å². The number of amides is 1. The van der Waals surface area contributed by atoms with Gasteiger partial charge in [0.15, 0.2) is 5.69 Å². The third-order valence-electron chi connectivity index (χ3n) is 3.42. The van der Waals surface area contributed by atoms with Gasteiger partial charge in [-0.3, -0.25) is 4.79 Å². The van der Waals surface area contributed by atoms with Crippen LogP contribution in [0.1, 0.15) is 22.1 Å². The second-order valence-corrected chi connectivity index (χ2v) is 5.08. The predicted molar refractivity (Wildman–Crippen MR) is 87.1 cm³/mol. The van der Waals surface area contributed by atoms with E-state index >= 15 is 0 Å². The van der Waals surface area contributed by atoms with E-state index in [0.717, 1.165) is 11.3 Å². The van der Waals surface area contributed by atoms with Crippen LogP contribution in [-0.4, -0.2) is 27.4 Å². The summed E-state index contributed by atoms with van der Waals surface area (Å²) in [6, 6.07) is 18.8. The highest BCUT2D eigenvalue weighted by molar-refractivity contribution is 5.91. The molecule has 0 saturated heterocycles. The summed E-state index contributed by atoms with van der Waals surface area (Å²) in [6.45, 7) is 0.334. The summed E-state index contributed by atoms with van der Waals surface area (Å²) in [5.41, 5.74) is 8.09. The van der Waals surface area contributed by atoms with E-state index in [4.69, 9.17) is 5.73 Å². The van der Waals surface area contributed by atoms with Gasteiger partial charge in [-0.25, -0.2) is 0 Å². The number of carbonyl (C=O) groups is 1. The summed E-state index contributed by atoms with van der Waals surface area (Å²) in [5.74, 6) is -0.293. The van der Waals surface area contributed by atoms with Crippen molar-refractivity contribution in [3.05, 3.63) is 78.1 Å². The van der Waals surface area contributed by atoms with Gasteiger partial charge in [-0.2, -0.15) is 9.90 Å². The van der Waals surface area contributed by atoms with E-state index in [-0.39, 0.29) is 17.6 Å². The van der Waals surface area contributed by atoms with Gasteiger partial charge < -0.3 is 11.1 Å². The molecule has 23 heavy (non-hydrogen) atoms. The summed E-state index contributed by atoms with van der Waals surface area (Å²) in [6.07, 6.45) is 1.44. The van der Waals surface area contributed by atoms with Crippen molar-refractivity contribution in [2.24, 2.45) is 5.73 Å². The topological polar surface area (TPSA) is 85.8 Å².